The van der Waals surface area contributed by atoms with Crippen LogP contribution in [0.1, 0.15) is 31.2 Å². The Kier molecular flexibility index (Phi) is 3.43. The van der Waals surface area contributed by atoms with Crippen molar-refractivity contribution in [3.8, 4) is 0 Å². The van der Waals surface area contributed by atoms with Crippen molar-refractivity contribution in [3.63, 3.8) is 0 Å². The summed E-state index contributed by atoms with van der Waals surface area (Å²) in [6.45, 7) is 0.421. The highest BCUT2D eigenvalue weighted by molar-refractivity contribution is 6.33. The Morgan fingerprint density at radius 1 is 1.19 bits per heavy atom. The van der Waals surface area contributed by atoms with Gasteiger partial charge in [0.15, 0.2) is 0 Å². The molecule has 2 N–H and O–H groups in total. The standard InChI is InChI=1S/C12H14Cl2FN/c13-8-3-4-9(14)11(15)10(8)12(7-16)5-1-2-6-12/h3-4H,1-2,5-7,16H2. The summed E-state index contributed by atoms with van der Waals surface area (Å²) in [7, 11) is 0. The van der Waals surface area contributed by atoms with Crippen LogP contribution in [-0.4, -0.2) is 6.54 Å². The Morgan fingerprint density at radius 2 is 1.75 bits per heavy atom. The Morgan fingerprint density at radius 3 is 2.31 bits per heavy atom. The van der Waals surface area contributed by atoms with Crippen molar-refractivity contribution in [2.45, 2.75) is 31.1 Å². The van der Waals surface area contributed by atoms with Gasteiger partial charge >= 0.3 is 0 Å². The van der Waals surface area contributed by atoms with E-state index >= 15 is 0 Å². The van der Waals surface area contributed by atoms with Crippen molar-refractivity contribution in [1.29, 1.82) is 0 Å². The van der Waals surface area contributed by atoms with Crippen LogP contribution in [0.3, 0.4) is 0 Å². The molecule has 1 aromatic carbocycles. The summed E-state index contributed by atoms with van der Waals surface area (Å²) in [5, 5.41) is 0.563. The molecule has 1 aliphatic rings. The van der Waals surface area contributed by atoms with E-state index in [1.54, 1.807) is 6.07 Å². The van der Waals surface area contributed by atoms with Crippen LogP contribution in [0.25, 0.3) is 0 Å². The third-order valence-electron chi connectivity index (χ3n) is 3.53. The van der Waals surface area contributed by atoms with E-state index in [0.717, 1.165) is 25.7 Å². The molecule has 0 saturated heterocycles. The number of rotatable bonds is 2. The molecule has 1 saturated carbocycles. The highest BCUT2D eigenvalue weighted by Crippen LogP contribution is 2.45. The molecular weight excluding hydrogens is 248 g/mol. The summed E-state index contributed by atoms with van der Waals surface area (Å²) in [5.41, 5.74) is 6.02. The van der Waals surface area contributed by atoms with Crippen molar-refractivity contribution in [3.05, 3.63) is 33.6 Å². The van der Waals surface area contributed by atoms with Gasteiger partial charge in [-0.05, 0) is 25.0 Å². The first kappa shape index (κ1) is 12.2. The zero-order chi connectivity index (χ0) is 11.8. The average Bonchev–Trinajstić information content (AvgIpc) is 2.74. The molecule has 0 spiro atoms. The molecule has 0 unspecified atom stereocenters. The molecule has 4 heteroatoms. The molecule has 0 radical (unpaired) electrons. The van der Waals surface area contributed by atoms with Crippen LogP contribution in [0, 0.1) is 5.82 Å². The number of nitrogens with two attached hydrogens (primary N) is 1. The minimum Gasteiger partial charge on any atom is -0.330 e. The molecule has 1 aromatic rings. The predicted octanol–water partition coefficient (Wildman–Crippen LogP) is 3.90. The van der Waals surface area contributed by atoms with Crippen molar-refractivity contribution >= 4 is 23.2 Å². The van der Waals surface area contributed by atoms with E-state index < -0.39 is 5.82 Å². The van der Waals surface area contributed by atoms with Gasteiger partial charge in [0.05, 0.1) is 5.02 Å². The maximum atomic E-state index is 14.1. The van der Waals surface area contributed by atoms with E-state index in [4.69, 9.17) is 28.9 Å². The molecule has 88 valence electrons. The third kappa shape index (κ3) is 1.83. The molecule has 1 aliphatic carbocycles. The van der Waals surface area contributed by atoms with Gasteiger partial charge in [0, 0.05) is 22.5 Å². The second-order valence-electron chi connectivity index (χ2n) is 4.41. The van der Waals surface area contributed by atoms with Gasteiger partial charge in [-0.15, -0.1) is 0 Å². The zero-order valence-corrected chi connectivity index (χ0v) is 10.4. The minimum atomic E-state index is -0.401. The van der Waals surface area contributed by atoms with Crippen LogP contribution in [0.2, 0.25) is 10.0 Å². The van der Waals surface area contributed by atoms with E-state index in [0.29, 0.717) is 17.1 Å². The summed E-state index contributed by atoms with van der Waals surface area (Å²) in [5.74, 6) is -0.401. The fraction of sp³-hybridized carbons (Fsp3) is 0.500. The van der Waals surface area contributed by atoms with E-state index in [9.17, 15) is 4.39 Å². The van der Waals surface area contributed by atoms with Crippen molar-refractivity contribution in [1.82, 2.24) is 0 Å². The van der Waals surface area contributed by atoms with E-state index in [1.807, 2.05) is 0 Å². The lowest BCUT2D eigenvalue weighted by Gasteiger charge is -2.29. The second kappa shape index (κ2) is 4.52. The highest BCUT2D eigenvalue weighted by Gasteiger charge is 2.38. The maximum absolute atomic E-state index is 14.1. The molecule has 1 fully saturated rings. The van der Waals surface area contributed by atoms with Crippen LogP contribution in [0.4, 0.5) is 4.39 Å². The Balaban J connectivity index is 2.57. The number of hydrogen-bond acceptors (Lipinski definition) is 1. The van der Waals surface area contributed by atoms with Crippen LogP contribution in [-0.2, 0) is 5.41 Å². The van der Waals surface area contributed by atoms with Gasteiger partial charge in [-0.3, -0.25) is 0 Å². The Bertz CT molecular complexity index is 400. The monoisotopic (exact) mass is 261 g/mol. The third-order valence-corrected chi connectivity index (χ3v) is 4.13. The molecule has 0 atom stereocenters. The van der Waals surface area contributed by atoms with Gasteiger partial charge in [0.2, 0.25) is 0 Å². The fourth-order valence-electron chi connectivity index (χ4n) is 2.62. The van der Waals surface area contributed by atoms with Crippen molar-refractivity contribution in [2.75, 3.05) is 6.54 Å². The first-order chi connectivity index (χ1) is 7.60. The summed E-state index contributed by atoms with van der Waals surface area (Å²) in [6.07, 6.45) is 3.92. The quantitative estimate of drug-likeness (QED) is 0.803. The topological polar surface area (TPSA) is 26.0 Å². The van der Waals surface area contributed by atoms with Crippen molar-refractivity contribution in [2.24, 2.45) is 5.73 Å². The van der Waals surface area contributed by atoms with Gasteiger partial charge in [-0.2, -0.15) is 0 Å². The summed E-state index contributed by atoms with van der Waals surface area (Å²) in [6, 6.07) is 3.14. The molecule has 0 aromatic heterocycles. The maximum Gasteiger partial charge on any atom is 0.147 e. The van der Waals surface area contributed by atoms with Gasteiger partial charge in [-0.25, -0.2) is 4.39 Å². The molecular formula is C12H14Cl2FN. The lowest BCUT2D eigenvalue weighted by Crippen LogP contribution is -2.33. The SMILES string of the molecule is NCC1(c2c(Cl)ccc(Cl)c2F)CCCC1. The Labute approximate surface area is 105 Å². The summed E-state index contributed by atoms with van der Waals surface area (Å²) in [4.78, 5) is 0. The van der Waals surface area contributed by atoms with Gasteiger partial charge in [0.25, 0.3) is 0 Å². The van der Waals surface area contributed by atoms with Crippen LogP contribution < -0.4 is 5.73 Å². The predicted molar refractivity (Wildman–Crippen MR) is 65.6 cm³/mol. The van der Waals surface area contributed by atoms with Gasteiger partial charge in [0.1, 0.15) is 5.82 Å². The smallest absolute Gasteiger partial charge is 0.147 e. The summed E-state index contributed by atoms with van der Waals surface area (Å²) < 4.78 is 14.1. The second-order valence-corrected chi connectivity index (χ2v) is 5.22. The van der Waals surface area contributed by atoms with E-state index in [1.165, 1.54) is 6.07 Å². The number of benzene rings is 1. The fourth-order valence-corrected chi connectivity index (χ4v) is 3.13. The first-order valence-corrected chi connectivity index (χ1v) is 6.20. The molecule has 1 nitrogen and oxygen atoms in total. The van der Waals surface area contributed by atoms with Crippen LogP contribution in [0.15, 0.2) is 12.1 Å². The number of hydrogen-bond donors (Lipinski definition) is 1. The van der Waals surface area contributed by atoms with Gasteiger partial charge in [-0.1, -0.05) is 36.0 Å². The summed E-state index contributed by atoms with van der Waals surface area (Å²) >= 11 is 11.9. The normalized spacial score (nSPS) is 19.0. The van der Waals surface area contributed by atoms with E-state index in [-0.39, 0.29) is 10.4 Å². The number of halogens is 3. The van der Waals surface area contributed by atoms with Crippen LogP contribution >= 0.6 is 23.2 Å². The van der Waals surface area contributed by atoms with E-state index in [2.05, 4.69) is 0 Å². The van der Waals surface area contributed by atoms with Gasteiger partial charge < -0.3 is 5.73 Å². The largest absolute Gasteiger partial charge is 0.330 e. The lowest BCUT2D eigenvalue weighted by atomic mass is 9.78. The van der Waals surface area contributed by atoms with Crippen LogP contribution in [0.5, 0.6) is 0 Å². The molecule has 0 heterocycles. The zero-order valence-electron chi connectivity index (χ0n) is 8.90. The average molecular weight is 262 g/mol. The Hall–Kier alpha value is -0.310. The molecule has 0 bridgehead atoms. The first-order valence-electron chi connectivity index (χ1n) is 5.45. The molecule has 16 heavy (non-hydrogen) atoms. The molecule has 0 aliphatic heterocycles. The molecule has 2 rings (SSSR count). The highest BCUT2D eigenvalue weighted by atomic mass is 35.5. The van der Waals surface area contributed by atoms with Crippen molar-refractivity contribution < 1.29 is 4.39 Å². The lowest BCUT2D eigenvalue weighted by molar-refractivity contribution is 0.427. The molecule has 0 amide bonds. The minimum absolute atomic E-state index is 0.124.